The van der Waals surface area contributed by atoms with Crippen LogP contribution in [-0.4, -0.2) is 27.9 Å². The minimum Gasteiger partial charge on any atom is -0.331 e. The van der Waals surface area contributed by atoms with Gasteiger partial charge in [-0.1, -0.05) is 24.3 Å². The monoisotopic (exact) mass is 284 g/mol. The first-order chi connectivity index (χ1) is 9.66. The van der Waals surface area contributed by atoms with Gasteiger partial charge in [0.1, 0.15) is 0 Å². The van der Waals surface area contributed by atoms with Crippen LogP contribution in [0.3, 0.4) is 0 Å². The van der Waals surface area contributed by atoms with E-state index < -0.39 is 0 Å². The van der Waals surface area contributed by atoms with Crippen LogP contribution < -0.4 is 5.32 Å². The number of hydrogen-bond donors (Lipinski definition) is 1. The first-order valence-corrected chi connectivity index (χ1v) is 6.64. The molecule has 1 N–H and O–H groups in total. The van der Waals surface area contributed by atoms with Crippen molar-refractivity contribution in [2.24, 2.45) is 5.10 Å². The second-order valence-electron chi connectivity index (χ2n) is 4.22. The summed E-state index contributed by atoms with van der Waals surface area (Å²) < 4.78 is 0. The number of rotatable bonds is 3. The Labute approximate surface area is 124 Å². The topological polar surface area (TPSA) is 40.5 Å². The molecule has 0 unspecified atom stereocenters. The number of para-hydroxylation sites is 1. The lowest BCUT2D eigenvalue weighted by molar-refractivity contribution is 0.553. The number of benzene rings is 1. The van der Waals surface area contributed by atoms with Crippen LogP contribution in [0.4, 0.5) is 5.69 Å². The van der Waals surface area contributed by atoms with Gasteiger partial charge in [-0.15, -0.1) is 0 Å². The third kappa shape index (κ3) is 3.86. The summed E-state index contributed by atoms with van der Waals surface area (Å²) in [5, 5.41) is 9.72. The Morgan fingerprint density at radius 2 is 1.85 bits per heavy atom. The van der Waals surface area contributed by atoms with E-state index in [1.807, 2.05) is 62.5 Å². The molecule has 1 aromatic heterocycles. The highest BCUT2D eigenvalue weighted by Crippen LogP contribution is 2.07. The molecule has 1 aromatic carbocycles. The van der Waals surface area contributed by atoms with Crippen LogP contribution in [0.15, 0.2) is 59.8 Å². The summed E-state index contributed by atoms with van der Waals surface area (Å²) in [6.07, 6.45) is 1.74. The predicted octanol–water partition coefficient (Wildman–Crippen LogP) is 3.13. The highest BCUT2D eigenvalue weighted by atomic mass is 32.1. The summed E-state index contributed by atoms with van der Waals surface area (Å²) in [4.78, 5) is 4.25. The van der Waals surface area contributed by atoms with Crippen LogP contribution in [-0.2, 0) is 0 Å². The molecule has 4 nitrogen and oxygen atoms in total. The smallest absolute Gasteiger partial charge is 0.193 e. The molecule has 2 aromatic rings. The van der Waals surface area contributed by atoms with E-state index in [4.69, 9.17) is 12.2 Å². The number of anilines is 1. The van der Waals surface area contributed by atoms with Crippen molar-refractivity contribution in [2.45, 2.75) is 6.92 Å². The maximum Gasteiger partial charge on any atom is 0.193 e. The Balaban J connectivity index is 2.04. The summed E-state index contributed by atoms with van der Waals surface area (Å²) in [5.41, 5.74) is 2.59. The van der Waals surface area contributed by atoms with Crippen LogP contribution in [0.25, 0.3) is 0 Å². The van der Waals surface area contributed by atoms with Gasteiger partial charge in [-0.3, -0.25) is 4.98 Å². The molecule has 2 rings (SSSR count). The van der Waals surface area contributed by atoms with E-state index in [1.54, 1.807) is 11.2 Å². The fourth-order valence-electron chi connectivity index (χ4n) is 1.62. The number of hydrazone groups is 1. The van der Waals surface area contributed by atoms with Gasteiger partial charge in [-0.25, -0.2) is 5.01 Å². The molecule has 0 aliphatic heterocycles. The fraction of sp³-hybridized carbons (Fsp3) is 0.133. The van der Waals surface area contributed by atoms with E-state index in [-0.39, 0.29) is 0 Å². The Bertz CT molecular complexity index is 596. The molecule has 20 heavy (non-hydrogen) atoms. The van der Waals surface area contributed by atoms with Crippen molar-refractivity contribution in [3.05, 3.63) is 60.4 Å². The molecule has 102 valence electrons. The second kappa shape index (κ2) is 6.77. The SMILES string of the molecule is C/C(=N/N(C)C(=S)Nc1ccccc1)c1ccccn1. The van der Waals surface area contributed by atoms with Gasteiger partial charge in [0.2, 0.25) is 0 Å². The van der Waals surface area contributed by atoms with Gasteiger partial charge in [0, 0.05) is 18.9 Å². The van der Waals surface area contributed by atoms with Crippen molar-refractivity contribution in [3.63, 3.8) is 0 Å². The van der Waals surface area contributed by atoms with Gasteiger partial charge in [0.05, 0.1) is 11.4 Å². The van der Waals surface area contributed by atoms with Crippen molar-refractivity contribution in [1.82, 2.24) is 9.99 Å². The van der Waals surface area contributed by atoms with Gasteiger partial charge in [0.15, 0.2) is 5.11 Å². The molecule has 0 radical (unpaired) electrons. The maximum absolute atomic E-state index is 5.31. The number of nitrogens with zero attached hydrogens (tertiary/aromatic N) is 3. The molecule has 0 spiro atoms. The minimum atomic E-state index is 0.534. The molecule has 1 heterocycles. The molecule has 5 heteroatoms. The zero-order valence-corrected chi connectivity index (χ0v) is 12.3. The first kappa shape index (κ1) is 14.1. The zero-order chi connectivity index (χ0) is 14.4. The van der Waals surface area contributed by atoms with Crippen molar-refractivity contribution in [2.75, 3.05) is 12.4 Å². The number of pyridine rings is 1. The average molecular weight is 284 g/mol. The normalized spacial score (nSPS) is 11.0. The van der Waals surface area contributed by atoms with Crippen molar-refractivity contribution in [3.8, 4) is 0 Å². The standard InChI is InChI=1S/C15H16N4S/c1-12(14-10-6-7-11-16-14)18-19(2)15(20)17-13-8-4-3-5-9-13/h3-11H,1-2H3,(H,17,20)/b18-12-. The van der Waals surface area contributed by atoms with E-state index in [2.05, 4.69) is 15.4 Å². The van der Waals surface area contributed by atoms with Gasteiger partial charge in [-0.05, 0) is 43.4 Å². The van der Waals surface area contributed by atoms with E-state index in [9.17, 15) is 0 Å². The molecule has 0 saturated heterocycles. The Hall–Kier alpha value is -2.27. The molecule has 0 aliphatic carbocycles. The van der Waals surface area contributed by atoms with Gasteiger partial charge < -0.3 is 5.32 Å². The Kier molecular flexibility index (Phi) is 4.79. The molecule has 0 atom stereocenters. The molecule has 0 aliphatic rings. The Morgan fingerprint density at radius 1 is 1.15 bits per heavy atom. The Morgan fingerprint density at radius 3 is 2.50 bits per heavy atom. The number of aromatic nitrogens is 1. The van der Waals surface area contributed by atoms with Crippen molar-refractivity contribution in [1.29, 1.82) is 0 Å². The largest absolute Gasteiger partial charge is 0.331 e. The van der Waals surface area contributed by atoms with E-state index in [0.717, 1.165) is 17.1 Å². The van der Waals surface area contributed by atoms with Gasteiger partial charge in [-0.2, -0.15) is 5.10 Å². The molecular formula is C15H16N4S. The summed E-state index contributed by atoms with van der Waals surface area (Å²) in [5.74, 6) is 0. The van der Waals surface area contributed by atoms with Gasteiger partial charge in [0.25, 0.3) is 0 Å². The van der Waals surface area contributed by atoms with Crippen LogP contribution in [0.1, 0.15) is 12.6 Å². The zero-order valence-electron chi connectivity index (χ0n) is 11.4. The van der Waals surface area contributed by atoms with Crippen molar-refractivity contribution < 1.29 is 0 Å². The van der Waals surface area contributed by atoms with E-state index >= 15 is 0 Å². The third-order valence-electron chi connectivity index (χ3n) is 2.65. The third-order valence-corrected chi connectivity index (χ3v) is 3.02. The van der Waals surface area contributed by atoms with E-state index in [0.29, 0.717) is 5.11 Å². The van der Waals surface area contributed by atoms with E-state index in [1.165, 1.54) is 0 Å². The summed E-state index contributed by atoms with van der Waals surface area (Å²) >= 11 is 5.31. The first-order valence-electron chi connectivity index (χ1n) is 6.23. The quantitative estimate of drug-likeness (QED) is 0.534. The summed E-state index contributed by atoms with van der Waals surface area (Å²) in [7, 11) is 1.81. The van der Waals surface area contributed by atoms with Crippen LogP contribution in [0, 0.1) is 0 Å². The predicted molar refractivity (Wildman–Crippen MR) is 86.9 cm³/mol. The highest BCUT2D eigenvalue weighted by Gasteiger charge is 2.05. The molecule has 0 fully saturated rings. The van der Waals surface area contributed by atoms with Crippen molar-refractivity contribution >= 4 is 28.7 Å². The molecule has 0 bridgehead atoms. The lowest BCUT2D eigenvalue weighted by atomic mass is 10.3. The highest BCUT2D eigenvalue weighted by molar-refractivity contribution is 7.80. The number of thiocarbonyl (C=S) groups is 1. The summed E-state index contributed by atoms with van der Waals surface area (Å²) in [6.45, 7) is 1.91. The summed E-state index contributed by atoms with van der Waals surface area (Å²) in [6, 6.07) is 15.5. The lowest BCUT2D eigenvalue weighted by Gasteiger charge is -2.16. The molecule has 0 saturated carbocycles. The molecule has 0 amide bonds. The second-order valence-corrected chi connectivity index (χ2v) is 4.61. The van der Waals surface area contributed by atoms with Gasteiger partial charge >= 0.3 is 0 Å². The number of hydrogen-bond acceptors (Lipinski definition) is 3. The lowest BCUT2D eigenvalue weighted by Crippen LogP contribution is -2.27. The minimum absolute atomic E-state index is 0.534. The fourth-order valence-corrected chi connectivity index (χ4v) is 1.78. The number of nitrogens with one attached hydrogen (secondary N) is 1. The average Bonchev–Trinajstić information content (AvgIpc) is 2.49. The molecular weight excluding hydrogens is 268 g/mol. The van der Waals surface area contributed by atoms with Crippen LogP contribution >= 0.6 is 12.2 Å². The maximum atomic E-state index is 5.31. The van der Waals surface area contributed by atoms with Crippen LogP contribution in [0.5, 0.6) is 0 Å². The van der Waals surface area contributed by atoms with Crippen LogP contribution in [0.2, 0.25) is 0 Å².